The fourth-order valence-electron chi connectivity index (χ4n) is 1.83. The third-order valence-electron chi connectivity index (χ3n) is 2.82. The lowest BCUT2D eigenvalue weighted by Gasteiger charge is -2.07. The first-order chi connectivity index (χ1) is 10.1. The molecule has 0 saturated heterocycles. The summed E-state index contributed by atoms with van der Waals surface area (Å²) in [6.07, 6.45) is 0. The number of benzene rings is 1. The molecule has 0 bridgehead atoms. The molecule has 0 fully saturated rings. The van der Waals surface area contributed by atoms with Gasteiger partial charge in [0, 0.05) is 6.54 Å². The Kier molecular flexibility index (Phi) is 4.87. The highest BCUT2D eigenvalue weighted by Gasteiger charge is 2.19. The monoisotopic (exact) mass is 312 g/mol. The highest BCUT2D eigenvalue weighted by Crippen LogP contribution is 2.17. The van der Waals surface area contributed by atoms with Crippen molar-refractivity contribution in [2.24, 2.45) is 5.73 Å². The largest absolute Gasteiger partial charge is 0.461 e. The molecule has 0 aliphatic rings. The first-order valence-corrected chi connectivity index (χ1v) is 6.68. The predicted molar refractivity (Wildman–Crippen MR) is 74.4 cm³/mol. The first kappa shape index (κ1) is 15.4. The molecular formula is C13H14ClFN4O2. The number of ether oxygens (including phenoxy) is 1. The van der Waals surface area contributed by atoms with Gasteiger partial charge in [0.15, 0.2) is 5.69 Å². The van der Waals surface area contributed by atoms with E-state index in [1.54, 1.807) is 13.0 Å². The SMILES string of the molecule is CCOC(=O)c1nnn(Cc2ccc(F)c(Cl)c2)c1CN. The second kappa shape index (κ2) is 6.64. The Balaban J connectivity index is 2.28. The molecule has 0 atom stereocenters. The smallest absolute Gasteiger partial charge is 0.360 e. The fraction of sp³-hybridized carbons (Fsp3) is 0.308. The third-order valence-corrected chi connectivity index (χ3v) is 3.11. The molecule has 2 rings (SSSR count). The van der Waals surface area contributed by atoms with E-state index in [-0.39, 0.29) is 30.4 Å². The second-order valence-corrected chi connectivity index (χ2v) is 4.62. The summed E-state index contributed by atoms with van der Waals surface area (Å²) in [5.41, 5.74) is 6.90. The molecule has 0 aliphatic carbocycles. The molecule has 21 heavy (non-hydrogen) atoms. The predicted octanol–water partition coefficient (Wildman–Crippen LogP) is 1.75. The molecule has 0 unspecified atom stereocenters. The maximum atomic E-state index is 13.1. The van der Waals surface area contributed by atoms with Gasteiger partial charge in [-0.2, -0.15) is 0 Å². The van der Waals surface area contributed by atoms with Crippen LogP contribution < -0.4 is 5.73 Å². The number of nitrogens with zero attached hydrogens (tertiary/aromatic N) is 3. The van der Waals surface area contributed by atoms with Crippen molar-refractivity contribution in [3.63, 3.8) is 0 Å². The molecule has 0 aliphatic heterocycles. The number of rotatable bonds is 5. The Morgan fingerprint density at radius 1 is 1.52 bits per heavy atom. The van der Waals surface area contributed by atoms with E-state index in [1.807, 2.05) is 0 Å². The Hall–Kier alpha value is -1.99. The Morgan fingerprint density at radius 3 is 2.90 bits per heavy atom. The summed E-state index contributed by atoms with van der Waals surface area (Å²) in [6.45, 7) is 2.29. The topological polar surface area (TPSA) is 83.0 Å². The van der Waals surface area contributed by atoms with E-state index in [0.29, 0.717) is 5.69 Å². The normalized spacial score (nSPS) is 10.7. The summed E-state index contributed by atoms with van der Waals surface area (Å²) in [7, 11) is 0. The maximum Gasteiger partial charge on any atom is 0.360 e. The average Bonchev–Trinajstić information content (AvgIpc) is 2.86. The van der Waals surface area contributed by atoms with Gasteiger partial charge in [-0.25, -0.2) is 13.9 Å². The number of esters is 1. The maximum absolute atomic E-state index is 13.1. The van der Waals surface area contributed by atoms with Crippen LogP contribution in [0.4, 0.5) is 4.39 Å². The minimum absolute atomic E-state index is 0.0209. The molecule has 0 saturated carbocycles. The van der Waals surface area contributed by atoms with Crippen molar-refractivity contribution in [3.05, 3.63) is 46.0 Å². The van der Waals surface area contributed by atoms with Gasteiger partial charge in [-0.1, -0.05) is 22.9 Å². The minimum atomic E-state index is -0.568. The summed E-state index contributed by atoms with van der Waals surface area (Å²) in [4.78, 5) is 11.7. The van der Waals surface area contributed by atoms with Crippen LogP contribution >= 0.6 is 11.6 Å². The summed E-state index contributed by atoms with van der Waals surface area (Å²) in [6, 6.07) is 4.33. The number of carbonyl (C=O) groups excluding carboxylic acids is 1. The molecule has 0 radical (unpaired) electrons. The number of halogens is 2. The summed E-state index contributed by atoms with van der Waals surface area (Å²) >= 11 is 5.73. The first-order valence-electron chi connectivity index (χ1n) is 6.30. The van der Waals surface area contributed by atoms with E-state index in [2.05, 4.69) is 10.3 Å². The van der Waals surface area contributed by atoms with Gasteiger partial charge in [0.05, 0.1) is 23.9 Å². The molecule has 112 valence electrons. The Bertz CT molecular complexity index is 660. The van der Waals surface area contributed by atoms with E-state index in [1.165, 1.54) is 16.8 Å². The number of hydrogen-bond donors (Lipinski definition) is 1. The van der Waals surface area contributed by atoms with Gasteiger partial charge < -0.3 is 10.5 Å². The zero-order valence-corrected chi connectivity index (χ0v) is 12.1. The molecule has 6 nitrogen and oxygen atoms in total. The van der Waals surface area contributed by atoms with Crippen LogP contribution in [-0.2, 0) is 17.8 Å². The third kappa shape index (κ3) is 3.37. The zero-order chi connectivity index (χ0) is 15.4. The van der Waals surface area contributed by atoms with Crippen molar-refractivity contribution in [1.82, 2.24) is 15.0 Å². The van der Waals surface area contributed by atoms with Crippen LogP contribution in [0.25, 0.3) is 0 Å². The quantitative estimate of drug-likeness (QED) is 0.850. The molecule has 1 heterocycles. The van der Waals surface area contributed by atoms with E-state index in [4.69, 9.17) is 22.1 Å². The zero-order valence-electron chi connectivity index (χ0n) is 11.3. The molecule has 1 aromatic carbocycles. The molecule has 2 N–H and O–H groups in total. The second-order valence-electron chi connectivity index (χ2n) is 4.22. The van der Waals surface area contributed by atoms with Crippen molar-refractivity contribution < 1.29 is 13.9 Å². The van der Waals surface area contributed by atoms with Crippen molar-refractivity contribution in [2.45, 2.75) is 20.0 Å². The Labute approximate surface area is 125 Å². The summed E-state index contributed by atoms with van der Waals surface area (Å²) in [5.74, 6) is -1.06. The van der Waals surface area contributed by atoms with Gasteiger partial charge in [-0.05, 0) is 24.6 Å². The number of carbonyl (C=O) groups is 1. The highest BCUT2D eigenvalue weighted by atomic mass is 35.5. The standard InChI is InChI=1S/C13H14ClFN4O2/c1-2-21-13(20)12-11(6-16)19(18-17-12)7-8-3-4-10(15)9(14)5-8/h3-5H,2,6-7,16H2,1H3. The van der Waals surface area contributed by atoms with Gasteiger partial charge in [-0.15, -0.1) is 5.10 Å². The van der Waals surface area contributed by atoms with Crippen LogP contribution in [-0.4, -0.2) is 27.6 Å². The van der Waals surface area contributed by atoms with Crippen molar-refractivity contribution in [1.29, 1.82) is 0 Å². The minimum Gasteiger partial charge on any atom is -0.461 e. The van der Waals surface area contributed by atoms with Crippen LogP contribution in [0.15, 0.2) is 18.2 Å². The van der Waals surface area contributed by atoms with E-state index in [0.717, 1.165) is 5.56 Å². The number of hydrogen-bond acceptors (Lipinski definition) is 5. The van der Waals surface area contributed by atoms with Gasteiger partial charge in [0.25, 0.3) is 0 Å². The average molecular weight is 313 g/mol. The van der Waals surface area contributed by atoms with E-state index in [9.17, 15) is 9.18 Å². The molecule has 8 heteroatoms. The lowest BCUT2D eigenvalue weighted by molar-refractivity contribution is 0.0518. The van der Waals surface area contributed by atoms with Crippen molar-refractivity contribution >= 4 is 17.6 Å². The van der Waals surface area contributed by atoms with Crippen LogP contribution in [0.2, 0.25) is 5.02 Å². The highest BCUT2D eigenvalue weighted by molar-refractivity contribution is 6.30. The van der Waals surface area contributed by atoms with E-state index < -0.39 is 11.8 Å². The van der Waals surface area contributed by atoms with Gasteiger partial charge in [0.1, 0.15) is 5.82 Å². The van der Waals surface area contributed by atoms with Gasteiger partial charge >= 0.3 is 5.97 Å². The van der Waals surface area contributed by atoms with Gasteiger partial charge in [0.2, 0.25) is 0 Å². The number of nitrogens with two attached hydrogens (primary N) is 1. The van der Waals surface area contributed by atoms with Crippen LogP contribution in [0, 0.1) is 5.82 Å². The molecule has 1 aromatic heterocycles. The lowest BCUT2D eigenvalue weighted by Crippen LogP contribution is -2.14. The van der Waals surface area contributed by atoms with Crippen LogP contribution in [0.3, 0.4) is 0 Å². The lowest BCUT2D eigenvalue weighted by atomic mass is 10.2. The Morgan fingerprint density at radius 2 is 2.29 bits per heavy atom. The number of aromatic nitrogens is 3. The van der Waals surface area contributed by atoms with Crippen molar-refractivity contribution in [2.75, 3.05) is 6.61 Å². The molecule has 2 aromatic rings. The summed E-state index contributed by atoms with van der Waals surface area (Å²) < 4.78 is 19.5. The van der Waals surface area contributed by atoms with Crippen molar-refractivity contribution in [3.8, 4) is 0 Å². The van der Waals surface area contributed by atoms with Crippen LogP contribution in [0.5, 0.6) is 0 Å². The molecule has 0 spiro atoms. The molecular weight excluding hydrogens is 299 g/mol. The summed E-state index contributed by atoms with van der Waals surface area (Å²) in [5, 5.41) is 7.70. The van der Waals surface area contributed by atoms with Gasteiger partial charge in [-0.3, -0.25) is 0 Å². The fourth-order valence-corrected chi connectivity index (χ4v) is 2.03. The molecule has 0 amide bonds. The van der Waals surface area contributed by atoms with E-state index >= 15 is 0 Å². The van der Waals surface area contributed by atoms with Crippen LogP contribution in [0.1, 0.15) is 28.7 Å².